The molecular weight excluding hydrogens is 338 g/mol. The molecule has 0 unspecified atom stereocenters. The van der Waals surface area contributed by atoms with Crippen LogP contribution in [0.15, 0.2) is 30.6 Å². The standard InChI is InChI=1S/C22H27N3O2/c1-15-12-16(2)18(4)20(17(15)3)13-21(26)24-8-10-25(11-9-24)22(27)19-6-5-7-23-14-19/h5-7,12,14H,8-11,13H2,1-4H3. The second kappa shape index (κ2) is 7.91. The van der Waals surface area contributed by atoms with Gasteiger partial charge in [0.1, 0.15) is 0 Å². The highest BCUT2D eigenvalue weighted by Gasteiger charge is 2.25. The quantitative estimate of drug-likeness (QED) is 0.840. The Morgan fingerprint density at radius 3 is 2.11 bits per heavy atom. The highest BCUT2D eigenvalue weighted by atomic mass is 16.2. The molecule has 1 aliphatic heterocycles. The summed E-state index contributed by atoms with van der Waals surface area (Å²) in [5.41, 5.74) is 6.61. The third kappa shape index (κ3) is 4.02. The van der Waals surface area contributed by atoms with E-state index in [2.05, 4.69) is 38.7 Å². The first-order chi connectivity index (χ1) is 12.9. The van der Waals surface area contributed by atoms with Crippen LogP contribution >= 0.6 is 0 Å². The van der Waals surface area contributed by atoms with Crippen molar-refractivity contribution in [1.29, 1.82) is 0 Å². The van der Waals surface area contributed by atoms with E-state index < -0.39 is 0 Å². The van der Waals surface area contributed by atoms with Gasteiger partial charge in [0.25, 0.3) is 5.91 Å². The van der Waals surface area contributed by atoms with Crippen LogP contribution in [0, 0.1) is 27.7 Å². The van der Waals surface area contributed by atoms with Gasteiger partial charge in [0, 0.05) is 38.6 Å². The average Bonchev–Trinajstić information content (AvgIpc) is 2.70. The lowest BCUT2D eigenvalue weighted by Gasteiger charge is -2.35. The number of piperazine rings is 1. The lowest BCUT2D eigenvalue weighted by Crippen LogP contribution is -2.51. The first-order valence-corrected chi connectivity index (χ1v) is 9.42. The molecular formula is C22H27N3O2. The predicted octanol–water partition coefficient (Wildman–Crippen LogP) is 2.84. The van der Waals surface area contributed by atoms with Crippen molar-refractivity contribution in [2.75, 3.05) is 26.2 Å². The normalized spacial score (nSPS) is 14.4. The van der Waals surface area contributed by atoms with Gasteiger partial charge in [0.15, 0.2) is 0 Å². The van der Waals surface area contributed by atoms with Crippen molar-refractivity contribution in [2.45, 2.75) is 34.1 Å². The zero-order valence-corrected chi connectivity index (χ0v) is 16.6. The summed E-state index contributed by atoms with van der Waals surface area (Å²) in [6.07, 6.45) is 3.67. The minimum atomic E-state index is -0.0174. The third-order valence-corrected chi connectivity index (χ3v) is 5.68. The third-order valence-electron chi connectivity index (χ3n) is 5.68. The number of nitrogens with zero attached hydrogens (tertiary/aromatic N) is 3. The molecule has 5 nitrogen and oxygen atoms in total. The molecule has 3 rings (SSSR count). The molecule has 1 aliphatic rings. The number of pyridine rings is 1. The van der Waals surface area contributed by atoms with E-state index in [0.29, 0.717) is 38.2 Å². The summed E-state index contributed by atoms with van der Waals surface area (Å²) in [5.74, 6) is 0.121. The number of amides is 2. The van der Waals surface area contributed by atoms with Crippen molar-refractivity contribution < 1.29 is 9.59 Å². The van der Waals surface area contributed by atoms with Crippen LogP contribution in [0.1, 0.15) is 38.2 Å². The number of aryl methyl sites for hydroxylation is 2. The van der Waals surface area contributed by atoms with E-state index in [1.165, 1.54) is 22.3 Å². The Labute approximate surface area is 161 Å². The second-order valence-corrected chi connectivity index (χ2v) is 7.33. The van der Waals surface area contributed by atoms with E-state index in [9.17, 15) is 9.59 Å². The van der Waals surface area contributed by atoms with Crippen LogP contribution in [0.4, 0.5) is 0 Å². The number of rotatable bonds is 3. The Kier molecular flexibility index (Phi) is 5.59. The Balaban J connectivity index is 1.64. The molecule has 0 atom stereocenters. The zero-order valence-electron chi connectivity index (χ0n) is 16.6. The molecule has 0 radical (unpaired) electrons. The lowest BCUT2D eigenvalue weighted by atomic mass is 9.92. The van der Waals surface area contributed by atoms with Gasteiger partial charge in [-0.25, -0.2) is 0 Å². The molecule has 2 aromatic rings. The fraction of sp³-hybridized carbons (Fsp3) is 0.409. The van der Waals surface area contributed by atoms with Gasteiger partial charge in [0.2, 0.25) is 5.91 Å². The minimum absolute atomic E-state index is 0.0174. The number of hydrogen-bond acceptors (Lipinski definition) is 3. The van der Waals surface area contributed by atoms with Crippen molar-refractivity contribution in [3.8, 4) is 0 Å². The molecule has 142 valence electrons. The topological polar surface area (TPSA) is 53.5 Å². The fourth-order valence-electron chi connectivity index (χ4n) is 3.66. The molecule has 5 heteroatoms. The monoisotopic (exact) mass is 365 g/mol. The summed E-state index contributed by atoms with van der Waals surface area (Å²) in [7, 11) is 0. The van der Waals surface area contributed by atoms with Gasteiger partial charge in [-0.15, -0.1) is 0 Å². The highest BCUT2D eigenvalue weighted by Crippen LogP contribution is 2.23. The molecule has 2 heterocycles. The molecule has 1 aromatic carbocycles. The van der Waals surface area contributed by atoms with E-state index in [1.807, 2.05) is 4.90 Å². The Morgan fingerprint density at radius 2 is 1.56 bits per heavy atom. The summed E-state index contributed by atoms with van der Waals surface area (Å²) in [5, 5.41) is 0. The first-order valence-electron chi connectivity index (χ1n) is 9.42. The molecule has 0 N–H and O–H groups in total. The largest absolute Gasteiger partial charge is 0.339 e. The Hall–Kier alpha value is -2.69. The maximum atomic E-state index is 12.9. The van der Waals surface area contributed by atoms with Crippen LogP contribution in [0.25, 0.3) is 0 Å². The summed E-state index contributed by atoms with van der Waals surface area (Å²) < 4.78 is 0. The molecule has 0 spiro atoms. The fourth-order valence-corrected chi connectivity index (χ4v) is 3.66. The highest BCUT2D eigenvalue weighted by molar-refractivity contribution is 5.94. The number of carbonyl (C=O) groups is 2. The van der Waals surface area contributed by atoms with Crippen LogP contribution in [-0.4, -0.2) is 52.8 Å². The number of hydrogen-bond donors (Lipinski definition) is 0. The van der Waals surface area contributed by atoms with Gasteiger partial charge < -0.3 is 9.80 Å². The maximum absolute atomic E-state index is 12.9. The van der Waals surface area contributed by atoms with Crippen LogP contribution in [-0.2, 0) is 11.2 Å². The number of aromatic nitrogens is 1. The summed E-state index contributed by atoms with van der Waals surface area (Å²) in [4.78, 5) is 33.1. The maximum Gasteiger partial charge on any atom is 0.255 e. The van der Waals surface area contributed by atoms with E-state index in [1.54, 1.807) is 29.4 Å². The minimum Gasteiger partial charge on any atom is -0.339 e. The number of carbonyl (C=O) groups excluding carboxylic acids is 2. The SMILES string of the molecule is Cc1cc(C)c(C)c(CC(=O)N2CCN(C(=O)c3cccnc3)CC2)c1C. The Bertz CT molecular complexity index is 827. The summed E-state index contributed by atoms with van der Waals surface area (Å²) >= 11 is 0. The summed E-state index contributed by atoms with van der Waals surface area (Å²) in [6.45, 7) is 10.6. The second-order valence-electron chi connectivity index (χ2n) is 7.33. The van der Waals surface area contributed by atoms with Crippen molar-refractivity contribution in [1.82, 2.24) is 14.8 Å². The lowest BCUT2D eigenvalue weighted by molar-refractivity contribution is -0.131. The van der Waals surface area contributed by atoms with Crippen molar-refractivity contribution >= 4 is 11.8 Å². The van der Waals surface area contributed by atoms with Crippen LogP contribution in [0.3, 0.4) is 0 Å². The van der Waals surface area contributed by atoms with E-state index in [0.717, 1.165) is 5.56 Å². The van der Waals surface area contributed by atoms with E-state index >= 15 is 0 Å². The smallest absolute Gasteiger partial charge is 0.255 e. The zero-order chi connectivity index (χ0) is 19.6. The molecule has 0 bridgehead atoms. The van der Waals surface area contributed by atoms with Gasteiger partial charge in [-0.1, -0.05) is 6.07 Å². The molecule has 0 saturated carbocycles. The molecule has 0 aliphatic carbocycles. The van der Waals surface area contributed by atoms with Crippen molar-refractivity contribution in [3.63, 3.8) is 0 Å². The molecule has 1 saturated heterocycles. The van der Waals surface area contributed by atoms with Gasteiger partial charge in [-0.3, -0.25) is 14.6 Å². The molecule has 1 aromatic heterocycles. The summed E-state index contributed by atoms with van der Waals surface area (Å²) in [6, 6.07) is 5.72. The van der Waals surface area contributed by atoms with Crippen molar-refractivity contribution in [2.24, 2.45) is 0 Å². The van der Waals surface area contributed by atoms with Crippen LogP contribution < -0.4 is 0 Å². The van der Waals surface area contributed by atoms with Crippen LogP contribution in [0.5, 0.6) is 0 Å². The van der Waals surface area contributed by atoms with Gasteiger partial charge in [-0.05, 0) is 67.6 Å². The molecule has 27 heavy (non-hydrogen) atoms. The van der Waals surface area contributed by atoms with Gasteiger partial charge >= 0.3 is 0 Å². The van der Waals surface area contributed by atoms with E-state index in [4.69, 9.17) is 0 Å². The van der Waals surface area contributed by atoms with Gasteiger partial charge in [0.05, 0.1) is 12.0 Å². The number of benzene rings is 1. The van der Waals surface area contributed by atoms with E-state index in [-0.39, 0.29) is 11.8 Å². The molecule has 2 amide bonds. The van der Waals surface area contributed by atoms with Crippen LogP contribution in [0.2, 0.25) is 0 Å². The first kappa shape index (κ1) is 19.1. The van der Waals surface area contributed by atoms with Crippen molar-refractivity contribution in [3.05, 3.63) is 64.0 Å². The molecule has 1 fully saturated rings. The van der Waals surface area contributed by atoms with Gasteiger partial charge in [-0.2, -0.15) is 0 Å². The average molecular weight is 365 g/mol. The Morgan fingerprint density at radius 1 is 0.963 bits per heavy atom. The predicted molar refractivity (Wildman–Crippen MR) is 106 cm³/mol.